The third-order valence-corrected chi connectivity index (χ3v) is 3.14. The molecule has 7 heteroatoms. The normalized spacial score (nSPS) is 12.2. The Hall–Kier alpha value is -1.22. The maximum Gasteiger partial charge on any atom is 0.188 e. The summed E-state index contributed by atoms with van der Waals surface area (Å²) in [6.07, 6.45) is 0.913. The molecule has 0 aliphatic carbocycles. The molecule has 1 aromatic carbocycles. The fraction of sp³-hybridized carbons (Fsp3) is 0.588. The maximum absolute atomic E-state index is 5.83. The van der Waals surface area contributed by atoms with Gasteiger partial charge in [0.15, 0.2) is 17.5 Å². The van der Waals surface area contributed by atoms with Crippen molar-refractivity contribution >= 4 is 29.9 Å². The minimum Gasteiger partial charge on any atom is -0.493 e. The van der Waals surface area contributed by atoms with Crippen LogP contribution < -0.4 is 20.5 Å². The van der Waals surface area contributed by atoms with Crippen molar-refractivity contribution in [2.45, 2.75) is 20.3 Å². The summed E-state index contributed by atoms with van der Waals surface area (Å²) >= 11 is 0. The van der Waals surface area contributed by atoms with Crippen molar-refractivity contribution in [3.8, 4) is 11.5 Å². The van der Waals surface area contributed by atoms with E-state index in [9.17, 15) is 0 Å². The Balaban J connectivity index is 0.00000529. The lowest BCUT2D eigenvalue weighted by atomic mass is 10.2. The molecule has 0 radical (unpaired) electrons. The molecule has 0 aliphatic rings. The topological polar surface area (TPSA) is 78.1 Å². The van der Waals surface area contributed by atoms with Crippen LogP contribution >= 0.6 is 24.0 Å². The zero-order chi connectivity index (χ0) is 16.9. The number of nitrogens with one attached hydrogen (secondary N) is 1. The van der Waals surface area contributed by atoms with Crippen LogP contribution in [0.25, 0.3) is 0 Å². The zero-order valence-corrected chi connectivity index (χ0v) is 17.1. The smallest absolute Gasteiger partial charge is 0.188 e. The summed E-state index contributed by atoms with van der Waals surface area (Å²) in [5.74, 6) is 2.20. The number of guanidine groups is 1. The van der Waals surface area contributed by atoms with Gasteiger partial charge in [-0.05, 0) is 25.5 Å². The highest BCUT2D eigenvalue weighted by Gasteiger charge is 2.06. The van der Waals surface area contributed by atoms with Gasteiger partial charge < -0.3 is 25.3 Å². The minimum absolute atomic E-state index is 0. The average Bonchev–Trinajstić information content (AvgIpc) is 2.58. The molecule has 6 nitrogen and oxygen atoms in total. The first-order valence-corrected chi connectivity index (χ1v) is 8.04. The Morgan fingerprint density at radius 3 is 2.67 bits per heavy atom. The standard InChI is InChI=1S/C17H29N3O3.HI/c1-4-22-11-7-10-19-17(18)20-12-14(2)13-23-16-9-6-5-8-15(16)21-3;/h5-6,8-9,14H,4,7,10-13H2,1-3H3,(H3,18,19,20);1H. The van der Waals surface area contributed by atoms with E-state index in [4.69, 9.17) is 19.9 Å². The van der Waals surface area contributed by atoms with Crippen molar-refractivity contribution in [3.63, 3.8) is 0 Å². The number of halogens is 1. The molecule has 0 saturated heterocycles. The van der Waals surface area contributed by atoms with Crippen molar-refractivity contribution in [1.82, 2.24) is 5.32 Å². The Morgan fingerprint density at radius 2 is 2.00 bits per heavy atom. The molecule has 1 atom stereocenters. The van der Waals surface area contributed by atoms with Gasteiger partial charge in [-0.15, -0.1) is 24.0 Å². The Kier molecular flexibility index (Phi) is 13.4. The summed E-state index contributed by atoms with van der Waals surface area (Å²) < 4.78 is 16.3. The van der Waals surface area contributed by atoms with Gasteiger partial charge in [-0.25, -0.2) is 0 Å². The largest absolute Gasteiger partial charge is 0.493 e. The van der Waals surface area contributed by atoms with E-state index < -0.39 is 0 Å². The number of benzene rings is 1. The van der Waals surface area contributed by atoms with Crippen LogP contribution in [0.2, 0.25) is 0 Å². The molecular formula is C17H30IN3O3. The van der Waals surface area contributed by atoms with Crippen LogP contribution in [0, 0.1) is 5.92 Å². The molecule has 138 valence electrons. The fourth-order valence-electron chi connectivity index (χ4n) is 1.87. The first-order chi connectivity index (χ1) is 11.2. The first-order valence-electron chi connectivity index (χ1n) is 8.04. The fourth-order valence-corrected chi connectivity index (χ4v) is 1.87. The lowest BCUT2D eigenvalue weighted by Gasteiger charge is -2.14. The number of nitrogens with two attached hydrogens (primary N) is 1. The van der Waals surface area contributed by atoms with Gasteiger partial charge in [0, 0.05) is 32.2 Å². The number of rotatable bonds is 11. The molecule has 0 aromatic heterocycles. The maximum atomic E-state index is 5.83. The van der Waals surface area contributed by atoms with Crippen LogP contribution in [0.15, 0.2) is 29.3 Å². The number of aliphatic imine (C=N–C) groups is 1. The van der Waals surface area contributed by atoms with Crippen LogP contribution in [0.1, 0.15) is 20.3 Å². The van der Waals surface area contributed by atoms with Crippen LogP contribution in [0.4, 0.5) is 0 Å². The third-order valence-electron chi connectivity index (χ3n) is 3.14. The van der Waals surface area contributed by atoms with Gasteiger partial charge in [-0.2, -0.15) is 0 Å². The van der Waals surface area contributed by atoms with Crippen LogP contribution in [0.3, 0.4) is 0 Å². The van der Waals surface area contributed by atoms with E-state index in [0.717, 1.165) is 37.7 Å². The van der Waals surface area contributed by atoms with E-state index in [2.05, 4.69) is 17.2 Å². The van der Waals surface area contributed by atoms with Gasteiger partial charge in [0.1, 0.15) is 0 Å². The van der Waals surface area contributed by atoms with Gasteiger partial charge in [0.2, 0.25) is 0 Å². The Bertz CT molecular complexity index is 472. The zero-order valence-electron chi connectivity index (χ0n) is 14.8. The number of nitrogens with zero attached hydrogens (tertiary/aromatic N) is 1. The lowest BCUT2D eigenvalue weighted by molar-refractivity contribution is 0.145. The van der Waals surface area contributed by atoms with E-state index in [-0.39, 0.29) is 29.9 Å². The molecule has 0 spiro atoms. The van der Waals surface area contributed by atoms with Crippen LogP contribution in [-0.4, -0.2) is 46.0 Å². The molecule has 0 bridgehead atoms. The highest BCUT2D eigenvalue weighted by Crippen LogP contribution is 2.26. The number of ether oxygens (including phenoxy) is 3. The van der Waals surface area contributed by atoms with E-state index in [1.165, 1.54) is 0 Å². The highest BCUT2D eigenvalue weighted by atomic mass is 127. The number of hydrogen-bond acceptors (Lipinski definition) is 4. The second kappa shape index (κ2) is 14.2. The van der Waals surface area contributed by atoms with Crippen LogP contribution in [0.5, 0.6) is 11.5 Å². The summed E-state index contributed by atoms with van der Waals surface area (Å²) in [5.41, 5.74) is 5.83. The van der Waals surface area contributed by atoms with Crippen molar-refractivity contribution in [1.29, 1.82) is 0 Å². The molecule has 0 saturated carbocycles. The van der Waals surface area contributed by atoms with Gasteiger partial charge in [0.25, 0.3) is 0 Å². The molecule has 0 amide bonds. The van der Waals surface area contributed by atoms with Crippen molar-refractivity contribution in [2.24, 2.45) is 16.6 Å². The monoisotopic (exact) mass is 451 g/mol. The molecule has 0 fully saturated rings. The minimum atomic E-state index is 0. The Morgan fingerprint density at radius 1 is 1.29 bits per heavy atom. The molecular weight excluding hydrogens is 421 g/mol. The molecule has 1 unspecified atom stereocenters. The average molecular weight is 451 g/mol. The summed E-state index contributed by atoms with van der Waals surface area (Å²) in [6, 6.07) is 7.60. The number of methoxy groups -OCH3 is 1. The second-order valence-electron chi connectivity index (χ2n) is 5.27. The SMILES string of the molecule is CCOCCCNC(N)=NCC(C)COc1ccccc1OC.I. The molecule has 24 heavy (non-hydrogen) atoms. The summed E-state index contributed by atoms with van der Waals surface area (Å²) in [4.78, 5) is 4.33. The van der Waals surface area contributed by atoms with Gasteiger partial charge in [0.05, 0.1) is 13.7 Å². The van der Waals surface area contributed by atoms with E-state index >= 15 is 0 Å². The summed E-state index contributed by atoms with van der Waals surface area (Å²) in [6.45, 7) is 7.47. The summed E-state index contributed by atoms with van der Waals surface area (Å²) in [5, 5.41) is 3.08. The van der Waals surface area contributed by atoms with E-state index in [1.807, 2.05) is 31.2 Å². The van der Waals surface area contributed by atoms with E-state index in [1.54, 1.807) is 7.11 Å². The van der Waals surface area contributed by atoms with Crippen molar-refractivity contribution in [3.05, 3.63) is 24.3 Å². The number of para-hydroxylation sites is 2. The first kappa shape index (κ1) is 22.8. The quantitative estimate of drug-likeness (QED) is 0.234. The van der Waals surface area contributed by atoms with Gasteiger partial charge >= 0.3 is 0 Å². The third kappa shape index (κ3) is 9.82. The highest BCUT2D eigenvalue weighted by molar-refractivity contribution is 14.0. The van der Waals surface area contributed by atoms with Gasteiger partial charge in [-0.3, -0.25) is 4.99 Å². The van der Waals surface area contributed by atoms with Gasteiger partial charge in [-0.1, -0.05) is 19.1 Å². The molecule has 0 aliphatic heterocycles. The van der Waals surface area contributed by atoms with E-state index in [0.29, 0.717) is 19.1 Å². The predicted octanol–water partition coefficient (Wildman–Crippen LogP) is 2.66. The molecule has 1 rings (SSSR count). The lowest BCUT2D eigenvalue weighted by Crippen LogP contribution is -2.33. The molecule has 3 N–H and O–H groups in total. The van der Waals surface area contributed by atoms with Crippen molar-refractivity contribution < 1.29 is 14.2 Å². The summed E-state index contributed by atoms with van der Waals surface area (Å²) in [7, 11) is 1.63. The van der Waals surface area contributed by atoms with Crippen molar-refractivity contribution in [2.75, 3.05) is 40.0 Å². The van der Waals surface area contributed by atoms with Crippen LogP contribution in [-0.2, 0) is 4.74 Å². The number of hydrogen-bond donors (Lipinski definition) is 2. The molecule has 1 aromatic rings. The second-order valence-corrected chi connectivity index (χ2v) is 5.27. The Labute approximate surface area is 162 Å². The molecule has 0 heterocycles. The predicted molar refractivity (Wildman–Crippen MR) is 109 cm³/mol.